The molecule has 1 aromatic rings. The van der Waals surface area contributed by atoms with Gasteiger partial charge in [0.05, 0.1) is 16.9 Å². The summed E-state index contributed by atoms with van der Waals surface area (Å²) in [6.45, 7) is 1.77. The molecule has 1 aromatic carbocycles. The monoisotopic (exact) mass is 410 g/mol. The van der Waals surface area contributed by atoms with Crippen molar-refractivity contribution in [2.75, 3.05) is 0 Å². The zero-order chi connectivity index (χ0) is 19.3. The molecule has 5 atom stereocenters. The highest BCUT2D eigenvalue weighted by Crippen LogP contribution is 2.55. The van der Waals surface area contributed by atoms with Gasteiger partial charge in [0, 0.05) is 11.1 Å². The lowest BCUT2D eigenvalue weighted by Gasteiger charge is -2.22. The van der Waals surface area contributed by atoms with Crippen molar-refractivity contribution in [2.24, 2.45) is 23.7 Å². The quantitative estimate of drug-likeness (QED) is 0.756. The second-order valence-electron chi connectivity index (χ2n) is 7.46. The molecule has 5 unspecified atom stereocenters. The first kappa shape index (κ1) is 18.6. The van der Waals surface area contributed by atoms with Gasteiger partial charge >= 0.3 is 0 Å². The van der Waals surface area contributed by atoms with Gasteiger partial charge in [-0.2, -0.15) is 5.01 Å². The molecule has 3 aliphatic rings. The van der Waals surface area contributed by atoms with Crippen LogP contribution >= 0.6 is 23.2 Å². The number of carbonyl (C=O) groups is 3. The summed E-state index contributed by atoms with van der Waals surface area (Å²) in [7, 11) is 0. The maximum atomic E-state index is 12.7. The molecule has 2 bridgehead atoms. The van der Waals surface area contributed by atoms with E-state index in [0.717, 1.165) is 24.3 Å². The summed E-state index contributed by atoms with van der Waals surface area (Å²) < 4.78 is 5.69. The van der Waals surface area contributed by atoms with Gasteiger partial charge in [-0.1, -0.05) is 30.1 Å². The molecule has 0 radical (unpaired) electrons. The first-order chi connectivity index (χ1) is 12.9. The maximum Gasteiger partial charge on any atom is 0.279 e. The number of hydrogen-bond acceptors (Lipinski definition) is 4. The van der Waals surface area contributed by atoms with Crippen LogP contribution < -0.4 is 10.2 Å². The van der Waals surface area contributed by atoms with E-state index in [-0.39, 0.29) is 41.2 Å². The standard InChI is InChI=1S/C19H20Cl2N2O4/c1-2-13(27-14-8-11(20)5-6-12(14)21)17(24)22-23-18(25)15-9-3-4-10(7-9)16(15)19(23)26/h5-6,8-10,13,15-16H,2-4,7H2,1H3,(H,22,24). The van der Waals surface area contributed by atoms with Gasteiger partial charge in [0.25, 0.3) is 17.7 Å². The number of fused-ring (bicyclic) bond motifs is 5. The number of benzene rings is 1. The molecular weight excluding hydrogens is 391 g/mol. The number of ether oxygens (including phenoxy) is 1. The van der Waals surface area contributed by atoms with E-state index in [1.54, 1.807) is 19.1 Å². The van der Waals surface area contributed by atoms with E-state index in [9.17, 15) is 14.4 Å². The number of nitrogens with zero attached hydrogens (tertiary/aromatic N) is 1. The number of imide groups is 1. The van der Waals surface area contributed by atoms with Crippen molar-refractivity contribution in [1.82, 2.24) is 10.4 Å². The fraction of sp³-hybridized carbons (Fsp3) is 0.526. The Bertz CT molecular complexity index is 787. The average Bonchev–Trinajstić information content (AvgIpc) is 3.32. The Labute approximate surface area is 167 Å². The van der Waals surface area contributed by atoms with Crippen LogP contribution in [-0.4, -0.2) is 28.8 Å². The lowest BCUT2D eigenvalue weighted by molar-refractivity contribution is -0.152. The second-order valence-corrected chi connectivity index (χ2v) is 8.31. The van der Waals surface area contributed by atoms with Crippen LogP contribution in [-0.2, 0) is 14.4 Å². The molecule has 2 saturated carbocycles. The minimum Gasteiger partial charge on any atom is -0.479 e. The SMILES string of the molecule is CCC(Oc1cc(Cl)ccc1Cl)C(=O)NN1C(=O)C2C3CCC(C3)C2C1=O. The molecule has 0 aromatic heterocycles. The van der Waals surface area contributed by atoms with Crippen LogP contribution in [0.4, 0.5) is 0 Å². The molecule has 6 nitrogen and oxygen atoms in total. The van der Waals surface area contributed by atoms with Crippen LogP contribution in [0.2, 0.25) is 10.0 Å². The van der Waals surface area contributed by atoms with E-state index >= 15 is 0 Å². The molecule has 27 heavy (non-hydrogen) atoms. The first-order valence-electron chi connectivity index (χ1n) is 9.20. The maximum absolute atomic E-state index is 12.7. The van der Waals surface area contributed by atoms with Gasteiger partial charge < -0.3 is 4.74 Å². The van der Waals surface area contributed by atoms with Crippen molar-refractivity contribution in [3.05, 3.63) is 28.2 Å². The van der Waals surface area contributed by atoms with Gasteiger partial charge in [0.1, 0.15) is 5.75 Å². The van der Waals surface area contributed by atoms with Crippen molar-refractivity contribution in [3.63, 3.8) is 0 Å². The summed E-state index contributed by atoms with van der Waals surface area (Å²) in [5, 5.41) is 1.66. The van der Waals surface area contributed by atoms with Crippen LogP contribution in [0, 0.1) is 23.7 Å². The highest BCUT2D eigenvalue weighted by molar-refractivity contribution is 6.34. The van der Waals surface area contributed by atoms with E-state index in [4.69, 9.17) is 27.9 Å². The molecule has 1 saturated heterocycles. The Kier molecular flexibility index (Phi) is 4.80. The highest BCUT2D eigenvalue weighted by Gasteiger charge is 2.61. The Hall–Kier alpha value is -1.79. The summed E-state index contributed by atoms with van der Waals surface area (Å²) in [5.41, 5.74) is 2.48. The van der Waals surface area contributed by atoms with E-state index in [1.165, 1.54) is 6.07 Å². The summed E-state index contributed by atoms with van der Waals surface area (Å²) in [4.78, 5) is 38.1. The Morgan fingerprint density at radius 3 is 2.44 bits per heavy atom. The Morgan fingerprint density at radius 1 is 1.22 bits per heavy atom. The zero-order valence-electron chi connectivity index (χ0n) is 14.8. The molecule has 1 N–H and O–H groups in total. The third-order valence-electron chi connectivity index (χ3n) is 5.98. The van der Waals surface area contributed by atoms with Gasteiger partial charge in [-0.05, 0) is 49.7 Å². The molecule has 8 heteroatoms. The van der Waals surface area contributed by atoms with Gasteiger partial charge in [-0.15, -0.1) is 0 Å². The van der Waals surface area contributed by atoms with Crippen molar-refractivity contribution < 1.29 is 19.1 Å². The summed E-state index contributed by atoms with van der Waals surface area (Å²) >= 11 is 12.0. The van der Waals surface area contributed by atoms with Crippen molar-refractivity contribution in [1.29, 1.82) is 0 Å². The number of carbonyl (C=O) groups excluding carboxylic acids is 3. The summed E-state index contributed by atoms with van der Waals surface area (Å²) in [6.07, 6.45) is 2.35. The van der Waals surface area contributed by atoms with Crippen molar-refractivity contribution in [2.45, 2.75) is 38.7 Å². The largest absolute Gasteiger partial charge is 0.479 e. The molecule has 3 amide bonds. The van der Waals surface area contributed by atoms with Gasteiger partial charge in [0.15, 0.2) is 6.10 Å². The molecule has 2 aliphatic carbocycles. The smallest absolute Gasteiger partial charge is 0.279 e. The van der Waals surface area contributed by atoms with Crippen molar-refractivity contribution in [3.8, 4) is 5.75 Å². The highest BCUT2D eigenvalue weighted by atomic mass is 35.5. The van der Waals surface area contributed by atoms with Crippen LogP contribution in [0.25, 0.3) is 0 Å². The first-order valence-corrected chi connectivity index (χ1v) is 9.96. The number of amides is 3. The predicted octanol–water partition coefficient (Wildman–Crippen LogP) is 3.21. The number of hydrazine groups is 1. The third kappa shape index (κ3) is 3.09. The van der Waals surface area contributed by atoms with E-state index in [1.807, 2.05) is 0 Å². The molecule has 144 valence electrons. The fourth-order valence-corrected chi connectivity index (χ4v) is 5.07. The minimum absolute atomic E-state index is 0.266. The summed E-state index contributed by atoms with van der Waals surface area (Å²) in [6, 6.07) is 4.72. The molecule has 1 heterocycles. The third-order valence-corrected chi connectivity index (χ3v) is 6.52. The van der Waals surface area contributed by atoms with E-state index in [2.05, 4.69) is 5.43 Å². The summed E-state index contributed by atoms with van der Waals surface area (Å²) in [5.74, 6) is -0.881. The van der Waals surface area contributed by atoms with Crippen LogP contribution in [0.5, 0.6) is 5.75 Å². The van der Waals surface area contributed by atoms with Crippen LogP contribution in [0.3, 0.4) is 0 Å². The Morgan fingerprint density at radius 2 is 1.85 bits per heavy atom. The lowest BCUT2D eigenvalue weighted by Crippen LogP contribution is -2.51. The molecule has 1 aliphatic heterocycles. The number of nitrogens with one attached hydrogen (secondary N) is 1. The predicted molar refractivity (Wildman–Crippen MR) is 99.0 cm³/mol. The van der Waals surface area contributed by atoms with Crippen LogP contribution in [0.1, 0.15) is 32.6 Å². The van der Waals surface area contributed by atoms with Gasteiger partial charge in [-0.25, -0.2) is 0 Å². The normalized spacial score (nSPS) is 29.8. The van der Waals surface area contributed by atoms with Gasteiger partial charge in [0.2, 0.25) is 0 Å². The Balaban J connectivity index is 1.47. The molecule has 0 spiro atoms. The molecule has 3 fully saturated rings. The average molecular weight is 411 g/mol. The molecule has 4 rings (SSSR count). The molecular formula is C19H20Cl2N2O4. The second kappa shape index (κ2) is 6.99. The topological polar surface area (TPSA) is 75.7 Å². The number of rotatable bonds is 5. The number of halogens is 2. The minimum atomic E-state index is -0.904. The lowest BCUT2D eigenvalue weighted by atomic mass is 9.81. The zero-order valence-corrected chi connectivity index (χ0v) is 16.3. The number of hydrogen-bond donors (Lipinski definition) is 1. The van der Waals surface area contributed by atoms with Gasteiger partial charge in [-0.3, -0.25) is 19.8 Å². The van der Waals surface area contributed by atoms with E-state index < -0.39 is 12.0 Å². The van der Waals surface area contributed by atoms with Crippen molar-refractivity contribution >= 4 is 40.9 Å². The fourth-order valence-electron chi connectivity index (χ4n) is 4.74. The van der Waals surface area contributed by atoms with E-state index in [0.29, 0.717) is 16.5 Å². The van der Waals surface area contributed by atoms with Crippen LogP contribution in [0.15, 0.2) is 18.2 Å².